The van der Waals surface area contributed by atoms with Crippen molar-refractivity contribution >= 4 is 57.3 Å². The molecular formula is C41H30N2O8. The number of carbonyl (C=O) groups is 5. The number of anilines is 2. The molecule has 2 aliphatic heterocycles. The topological polar surface area (TPSA) is 131 Å². The van der Waals surface area contributed by atoms with Crippen molar-refractivity contribution < 1.29 is 38.6 Å². The second kappa shape index (κ2) is 12.6. The average molecular weight is 679 g/mol. The second-order valence-corrected chi connectivity index (χ2v) is 12.1. The number of hydrogen-bond donors (Lipinski definition) is 1. The van der Waals surface area contributed by atoms with E-state index in [1.54, 1.807) is 54.6 Å². The number of hydrogen-bond acceptors (Lipinski definition) is 8. The van der Waals surface area contributed by atoms with Crippen molar-refractivity contribution in [3.05, 3.63) is 155 Å². The molecule has 1 fully saturated rings. The predicted molar refractivity (Wildman–Crippen MR) is 190 cm³/mol. The van der Waals surface area contributed by atoms with Gasteiger partial charge in [-0.1, -0.05) is 84.4 Å². The van der Waals surface area contributed by atoms with Crippen LogP contribution in [0, 0.1) is 6.92 Å². The summed E-state index contributed by atoms with van der Waals surface area (Å²) >= 11 is 0. The summed E-state index contributed by atoms with van der Waals surface area (Å²) in [5.41, 5.74) is -3.23. The van der Waals surface area contributed by atoms with Gasteiger partial charge < -0.3 is 14.6 Å². The third-order valence-electron chi connectivity index (χ3n) is 9.18. The number of rotatable bonds is 7. The van der Waals surface area contributed by atoms with Gasteiger partial charge in [-0.15, -0.1) is 0 Å². The van der Waals surface area contributed by atoms with Gasteiger partial charge in [0.25, 0.3) is 11.7 Å². The zero-order chi connectivity index (χ0) is 36.0. The number of nitrogens with zero attached hydrogens (tertiary/aromatic N) is 2. The molecule has 2 heterocycles. The highest BCUT2D eigenvalue weighted by molar-refractivity contribution is 6.57. The zero-order valence-corrected chi connectivity index (χ0v) is 27.7. The van der Waals surface area contributed by atoms with Gasteiger partial charge in [-0.05, 0) is 60.2 Å². The summed E-state index contributed by atoms with van der Waals surface area (Å²) in [4.78, 5) is 75.5. The van der Waals surface area contributed by atoms with Crippen LogP contribution in [0.1, 0.15) is 21.5 Å². The van der Waals surface area contributed by atoms with E-state index >= 15 is 9.59 Å². The van der Waals surface area contributed by atoms with Gasteiger partial charge in [-0.3, -0.25) is 29.0 Å². The minimum Gasteiger partial charge on any atom is -0.507 e. The van der Waals surface area contributed by atoms with Crippen LogP contribution in [0.15, 0.2) is 138 Å². The number of aryl methyl sites for hydroxylation is 1. The monoisotopic (exact) mass is 678 g/mol. The number of ketones is 2. The third-order valence-corrected chi connectivity index (χ3v) is 9.18. The van der Waals surface area contributed by atoms with Crippen LogP contribution in [0.3, 0.4) is 0 Å². The molecule has 5 aromatic rings. The predicted octanol–water partition coefficient (Wildman–Crippen LogP) is 6.14. The lowest BCUT2D eigenvalue weighted by Crippen LogP contribution is -2.56. The zero-order valence-electron chi connectivity index (χ0n) is 27.7. The Hall–Kier alpha value is -6.81. The first-order valence-electron chi connectivity index (χ1n) is 15.9. The minimum absolute atomic E-state index is 0.0251. The van der Waals surface area contributed by atoms with Crippen molar-refractivity contribution in [1.29, 1.82) is 0 Å². The summed E-state index contributed by atoms with van der Waals surface area (Å²) in [6.07, 6.45) is 0. The van der Waals surface area contributed by atoms with Crippen LogP contribution in [-0.2, 0) is 23.9 Å². The lowest BCUT2D eigenvalue weighted by atomic mass is 9.77. The Morgan fingerprint density at radius 3 is 1.98 bits per heavy atom. The maximum atomic E-state index is 15.5. The maximum Gasteiger partial charge on any atom is 0.355 e. The Labute approximate surface area is 292 Å². The van der Waals surface area contributed by atoms with Crippen molar-refractivity contribution in [1.82, 2.24) is 0 Å². The van der Waals surface area contributed by atoms with Crippen molar-refractivity contribution in [2.45, 2.75) is 12.5 Å². The third kappa shape index (κ3) is 4.99. The number of esters is 1. The molecular weight excluding hydrogens is 648 g/mol. The largest absolute Gasteiger partial charge is 0.507 e. The highest BCUT2D eigenvalue weighted by Gasteiger charge is 2.71. The summed E-state index contributed by atoms with van der Waals surface area (Å²) in [5, 5.41) is 13.6. The molecule has 0 aliphatic carbocycles. The number of ether oxygens (including phenoxy) is 2. The van der Waals surface area contributed by atoms with E-state index in [-0.39, 0.29) is 22.5 Å². The first-order valence-corrected chi connectivity index (χ1v) is 15.9. The molecule has 2 aliphatic rings. The molecule has 0 aromatic heterocycles. The first-order chi connectivity index (χ1) is 24.6. The fourth-order valence-electron chi connectivity index (χ4n) is 6.77. The number of methoxy groups -OCH3 is 2. The molecule has 0 bridgehead atoms. The smallest absolute Gasteiger partial charge is 0.355 e. The molecule has 2 amide bonds. The molecule has 1 spiro atoms. The summed E-state index contributed by atoms with van der Waals surface area (Å²) in [7, 11) is 2.55. The highest BCUT2D eigenvalue weighted by atomic mass is 16.5. The molecule has 0 radical (unpaired) electrons. The van der Waals surface area contributed by atoms with Gasteiger partial charge in [0, 0.05) is 22.5 Å². The number of aliphatic hydroxyl groups excluding tert-OH is 1. The van der Waals surface area contributed by atoms with Gasteiger partial charge in [0.1, 0.15) is 17.2 Å². The van der Waals surface area contributed by atoms with Gasteiger partial charge >= 0.3 is 11.9 Å². The number of Topliss-reactive ketones (excluding diaryl/α,β-unsaturated/α-hetero) is 2. The van der Waals surface area contributed by atoms with Crippen molar-refractivity contribution in [2.75, 3.05) is 24.0 Å². The van der Waals surface area contributed by atoms with Crippen molar-refractivity contribution in [3.8, 4) is 5.75 Å². The lowest BCUT2D eigenvalue weighted by molar-refractivity contribution is -0.136. The van der Waals surface area contributed by atoms with E-state index in [4.69, 9.17) is 9.47 Å². The molecule has 1 saturated heterocycles. The van der Waals surface area contributed by atoms with E-state index in [2.05, 4.69) is 0 Å². The number of amides is 2. The summed E-state index contributed by atoms with van der Waals surface area (Å²) < 4.78 is 10.5. The molecule has 51 heavy (non-hydrogen) atoms. The molecule has 10 nitrogen and oxygen atoms in total. The van der Waals surface area contributed by atoms with Gasteiger partial charge in [0.05, 0.1) is 25.4 Å². The molecule has 1 unspecified atom stereocenters. The normalized spacial score (nSPS) is 18.2. The van der Waals surface area contributed by atoms with Gasteiger partial charge in [-0.2, -0.15) is 0 Å². The van der Waals surface area contributed by atoms with E-state index in [0.717, 1.165) is 27.9 Å². The van der Waals surface area contributed by atoms with Crippen LogP contribution in [-0.4, -0.2) is 54.2 Å². The van der Waals surface area contributed by atoms with E-state index in [1.807, 2.05) is 19.1 Å². The van der Waals surface area contributed by atoms with Crippen LogP contribution in [0.4, 0.5) is 11.4 Å². The van der Waals surface area contributed by atoms with Crippen molar-refractivity contribution in [2.24, 2.45) is 0 Å². The van der Waals surface area contributed by atoms with Gasteiger partial charge in [0.2, 0.25) is 0 Å². The highest BCUT2D eigenvalue weighted by Crippen LogP contribution is 2.53. The summed E-state index contributed by atoms with van der Waals surface area (Å²) in [6, 6.07) is 32.6. The Bertz CT molecular complexity index is 2340. The molecule has 1 atom stereocenters. The number of carbonyl (C=O) groups excluding carboxylic acids is 5. The summed E-state index contributed by atoms with van der Waals surface area (Å²) in [6.45, 7) is 1.83. The quantitative estimate of drug-likeness (QED) is 0.0715. The molecule has 10 heteroatoms. The van der Waals surface area contributed by atoms with Crippen LogP contribution in [0.5, 0.6) is 5.75 Å². The fourth-order valence-corrected chi connectivity index (χ4v) is 6.77. The molecule has 0 saturated carbocycles. The van der Waals surface area contributed by atoms with E-state index in [9.17, 15) is 19.5 Å². The molecule has 7 rings (SSSR count). The Balaban J connectivity index is 1.65. The van der Waals surface area contributed by atoms with E-state index < -0.39 is 57.5 Å². The van der Waals surface area contributed by atoms with E-state index in [0.29, 0.717) is 11.1 Å². The maximum absolute atomic E-state index is 15.5. The van der Waals surface area contributed by atoms with Crippen LogP contribution in [0.2, 0.25) is 0 Å². The average Bonchev–Trinajstić information content (AvgIpc) is 3.56. The van der Waals surface area contributed by atoms with Gasteiger partial charge in [0.15, 0.2) is 11.3 Å². The van der Waals surface area contributed by atoms with Crippen LogP contribution >= 0.6 is 0 Å². The van der Waals surface area contributed by atoms with Crippen LogP contribution < -0.4 is 14.5 Å². The van der Waals surface area contributed by atoms with Crippen molar-refractivity contribution in [3.63, 3.8) is 0 Å². The number of benzene rings is 5. The number of aliphatic hydroxyl groups is 1. The first kappa shape index (κ1) is 32.7. The minimum atomic E-state index is -2.68. The molecule has 252 valence electrons. The number of para-hydroxylation sites is 1. The standard InChI is InChI=1S/C41H30N2O8/c1-24-13-15-26(16-14-24)35(44)33-37(46)38(47)43(30-19-21-31(50-2)22-20-30)41(33)32(36(45)28-18-17-25-9-7-8-10-27(25)23-28)34(39(48)51-3)42(40(41)49)29-11-5-4-6-12-29/h4-23,44H,1-3H3/b35-33-. The Kier molecular flexibility index (Phi) is 8.07. The fraction of sp³-hybridized carbons (Fsp3) is 0.0976. The lowest BCUT2D eigenvalue weighted by Gasteiger charge is -2.35. The molecule has 5 aromatic carbocycles. The van der Waals surface area contributed by atoms with Gasteiger partial charge in [-0.25, -0.2) is 4.79 Å². The van der Waals surface area contributed by atoms with Crippen LogP contribution in [0.25, 0.3) is 16.5 Å². The van der Waals surface area contributed by atoms with E-state index in [1.165, 1.54) is 61.7 Å². The Morgan fingerprint density at radius 1 is 0.706 bits per heavy atom. The second-order valence-electron chi connectivity index (χ2n) is 12.1. The number of fused-ring (bicyclic) bond motifs is 1. The summed E-state index contributed by atoms with van der Waals surface area (Å²) in [5.74, 6) is -5.69. The SMILES string of the molecule is COC(=O)C1=C(C(=O)c2ccc3ccccc3c2)C2(C(=O)N1c1ccccc1)/C(=C(\O)c1ccc(C)cc1)C(=O)C(=O)N2c1ccc(OC)cc1. The molecule has 1 N–H and O–H groups in total. The Morgan fingerprint density at radius 2 is 1.33 bits per heavy atom.